The van der Waals surface area contributed by atoms with Crippen LogP contribution in [-0.4, -0.2) is 91.7 Å². The maximum absolute atomic E-state index is 13.0. The lowest BCUT2D eigenvalue weighted by atomic mass is 10.3. The third-order valence-electron chi connectivity index (χ3n) is 5.13. The van der Waals surface area contributed by atoms with Crippen molar-refractivity contribution in [3.63, 3.8) is 0 Å². The Hall–Kier alpha value is -1.33. The molecule has 30 heavy (non-hydrogen) atoms. The molecule has 0 N–H and O–H groups in total. The molecular weight excluding hydrogens is 426 g/mol. The SMILES string of the molecule is CCOc1ccc(SCC(=O)N2CCN(S(=O)(=O)N3CC(C)OC(C)C3)CC2)cc1. The Morgan fingerprint density at radius 2 is 1.67 bits per heavy atom. The van der Waals surface area contributed by atoms with Crippen LogP contribution in [0.25, 0.3) is 0 Å². The van der Waals surface area contributed by atoms with Gasteiger partial charge in [0, 0.05) is 44.2 Å². The molecule has 3 rings (SSSR count). The lowest BCUT2D eigenvalue weighted by molar-refractivity contribution is -0.129. The number of carbonyl (C=O) groups is 1. The molecule has 1 amide bonds. The van der Waals surface area contributed by atoms with E-state index in [4.69, 9.17) is 9.47 Å². The van der Waals surface area contributed by atoms with Gasteiger partial charge in [0.15, 0.2) is 0 Å². The molecule has 1 aromatic rings. The van der Waals surface area contributed by atoms with Gasteiger partial charge in [0.25, 0.3) is 10.2 Å². The van der Waals surface area contributed by atoms with Crippen LogP contribution in [0.4, 0.5) is 0 Å². The van der Waals surface area contributed by atoms with E-state index >= 15 is 0 Å². The Morgan fingerprint density at radius 1 is 1.07 bits per heavy atom. The van der Waals surface area contributed by atoms with Crippen LogP contribution in [0.1, 0.15) is 20.8 Å². The lowest BCUT2D eigenvalue weighted by Gasteiger charge is -2.40. The molecular formula is C20H31N3O5S2. The third kappa shape index (κ3) is 5.88. The molecule has 168 valence electrons. The zero-order chi connectivity index (χ0) is 21.7. The lowest BCUT2D eigenvalue weighted by Crippen LogP contribution is -2.57. The van der Waals surface area contributed by atoms with Crippen molar-refractivity contribution in [3.8, 4) is 5.75 Å². The number of amides is 1. The van der Waals surface area contributed by atoms with Crippen molar-refractivity contribution < 1.29 is 22.7 Å². The Labute approximate surface area is 183 Å². The van der Waals surface area contributed by atoms with Gasteiger partial charge >= 0.3 is 0 Å². The number of piperazine rings is 1. The molecule has 2 unspecified atom stereocenters. The van der Waals surface area contributed by atoms with Gasteiger partial charge in [-0.25, -0.2) is 0 Å². The molecule has 0 spiro atoms. The largest absolute Gasteiger partial charge is 0.494 e. The highest BCUT2D eigenvalue weighted by atomic mass is 32.2. The Bertz CT molecular complexity index is 800. The standard InChI is InChI=1S/C20H31N3O5S2/c1-4-27-18-5-7-19(8-6-18)29-15-20(24)21-9-11-22(12-10-21)30(25,26)23-13-16(2)28-17(3)14-23/h5-8,16-17H,4,9-15H2,1-3H3. The van der Waals surface area contributed by atoms with Gasteiger partial charge in [-0.15, -0.1) is 11.8 Å². The van der Waals surface area contributed by atoms with Gasteiger partial charge in [-0.05, 0) is 45.0 Å². The summed E-state index contributed by atoms with van der Waals surface area (Å²) in [5, 5.41) is 0. The van der Waals surface area contributed by atoms with E-state index in [0.29, 0.717) is 51.6 Å². The predicted molar refractivity (Wildman–Crippen MR) is 117 cm³/mol. The van der Waals surface area contributed by atoms with E-state index in [2.05, 4.69) is 0 Å². The van der Waals surface area contributed by atoms with Gasteiger partial charge in [-0.3, -0.25) is 4.79 Å². The molecule has 0 saturated carbocycles. The fourth-order valence-corrected chi connectivity index (χ4v) is 6.23. The summed E-state index contributed by atoms with van der Waals surface area (Å²) in [5.41, 5.74) is 0. The minimum Gasteiger partial charge on any atom is -0.494 e. The van der Waals surface area contributed by atoms with Gasteiger partial charge in [-0.2, -0.15) is 17.0 Å². The highest BCUT2D eigenvalue weighted by Gasteiger charge is 2.37. The van der Waals surface area contributed by atoms with Crippen LogP contribution < -0.4 is 4.74 Å². The molecule has 2 saturated heterocycles. The highest BCUT2D eigenvalue weighted by Crippen LogP contribution is 2.23. The van der Waals surface area contributed by atoms with Crippen molar-refractivity contribution >= 4 is 27.9 Å². The van der Waals surface area contributed by atoms with Crippen molar-refractivity contribution in [1.29, 1.82) is 0 Å². The number of carbonyl (C=O) groups excluding carboxylic acids is 1. The first-order chi connectivity index (χ1) is 14.3. The summed E-state index contributed by atoms with van der Waals surface area (Å²) in [6.07, 6.45) is -0.239. The second kappa shape index (κ2) is 10.3. The topological polar surface area (TPSA) is 79.4 Å². The molecule has 8 nitrogen and oxygen atoms in total. The van der Waals surface area contributed by atoms with Crippen molar-refractivity contribution in [2.75, 3.05) is 51.6 Å². The first-order valence-electron chi connectivity index (χ1n) is 10.3. The summed E-state index contributed by atoms with van der Waals surface area (Å²) in [6.45, 7) is 8.53. The molecule has 2 heterocycles. The smallest absolute Gasteiger partial charge is 0.282 e. The minimum absolute atomic E-state index is 0.0274. The van der Waals surface area contributed by atoms with Gasteiger partial charge in [0.05, 0.1) is 24.6 Å². The Morgan fingerprint density at radius 3 is 2.23 bits per heavy atom. The molecule has 2 aliphatic rings. The summed E-state index contributed by atoms with van der Waals surface area (Å²) < 4.78 is 40.0. The predicted octanol–water partition coefficient (Wildman–Crippen LogP) is 1.68. The monoisotopic (exact) mass is 457 g/mol. The molecule has 2 atom stereocenters. The van der Waals surface area contributed by atoms with Crippen LogP contribution in [0.15, 0.2) is 29.2 Å². The number of benzene rings is 1. The molecule has 1 aromatic carbocycles. The molecule has 2 aliphatic heterocycles. The van der Waals surface area contributed by atoms with Crippen molar-refractivity contribution in [2.45, 2.75) is 37.9 Å². The number of ether oxygens (including phenoxy) is 2. The van der Waals surface area contributed by atoms with Crippen LogP contribution in [0.2, 0.25) is 0 Å². The zero-order valence-electron chi connectivity index (χ0n) is 17.8. The number of nitrogens with zero attached hydrogens (tertiary/aromatic N) is 3. The zero-order valence-corrected chi connectivity index (χ0v) is 19.5. The van der Waals surface area contributed by atoms with E-state index in [1.165, 1.54) is 20.4 Å². The number of hydrogen-bond donors (Lipinski definition) is 0. The van der Waals surface area contributed by atoms with Crippen molar-refractivity contribution in [1.82, 2.24) is 13.5 Å². The summed E-state index contributed by atoms with van der Waals surface area (Å²) >= 11 is 1.48. The Kier molecular flexibility index (Phi) is 8.03. The molecule has 0 aliphatic carbocycles. The maximum Gasteiger partial charge on any atom is 0.282 e. The summed E-state index contributed by atoms with van der Waals surface area (Å²) in [4.78, 5) is 15.3. The number of hydrogen-bond acceptors (Lipinski definition) is 6. The molecule has 0 radical (unpaired) electrons. The normalized spacial score (nSPS) is 24.0. The van der Waals surface area contributed by atoms with E-state index in [1.807, 2.05) is 45.0 Å². The molecule has 0 bridgehead atoms. The second-order valence-electron chi connectivity index (χ2n) is 7.56. The second-order valence-corrected chi connectivity index (χ2v) is 10.5. The van der Waals surface area contributed by atoms with Crippen LogP contribution in [0.5, 0.6) is 5.75 Å². The number of morpholine rings is 1. The van der Waals surface area contributed by atoms with Gasteiger partial charge in [0.1, 0.15) is 5.75 Å². The van der Waals surface area contributed by atoms with E-state index in [1.54, 1.807) is 4.90 Å². The fourth-order valence-electron chi connectivity index (χ4n) is 3.69. The van der Waals surface area contributed by atoms with Crippen molar-refractivity contribution in [3.05, 3.63) is 24.3 Å². The van der Waals surface area contributed by atoms with Crippen molar-refractivity contribution in [2.24, 2.45) is 0 Å². The number of thioether (sulfide) groups is 1. The minimum atomic E-state index is -3.53. The van der Waals surface area contributed by atoms with Crippen LogP contribution >= 0.6 is 11.8 Å². The summed E-state index contributed by atoms with van der Waals surface area (Å²) in [5.74, 6) is 1.17. The average molecular weight is 458 g/mol. The molecule has 0 aromatic heterocycles. The number of rotatable bonds is 7. The molecule has 2 fully saturated rings. The quantitative estimate of drug-likeness (QED) is 0.580. The van der Waals surface area contributed by atoms with Crippen LogP contribution in [0.3, 0.4) is 0 Å². The fraction of sp³-hybridized carbons (Fsp3) is 0.650. The van der Waals surface area contributed by atoms with E-state index < -0.39 is 10.2 Å². The van der Waals surface area contributed by atoms with Gasteiger partial charge < -0.3 is 14.4 Å². The van der Waals surface area contributed by atoms with Crippen LogP contribution in [-0.2, 0) is 19.7 Å². The third-order valence-corrected chi connectivity index (χ3v) is 8.09. The Balaban J connectivity index is 1.48. The summed E-state index contributed by atoms with van der Waals surface area (Å²) in [6, 6.07) is 7.68. The van der Waals surface area contributed by atoms with E-state index in [9.17, 15) is 13.2 Å². The highest BCUT2D eigenvalue weighted by molar-refractivity contribution is 8.00. The average Bonchev–Trinajstić information content (AvgIpc) is 2.72. The first kappa shape index (κ1) is 23.3. The molecule has 10 heteroatoms. The van der Waals surface area contributed by atoms with Crippen LogP contribution in [0, 0.1) is 0 Å². The van der Waals surface area contributed by atoms with E-state index in [-0.39, 0.29) is 18.1 Å². The van der Waals surface area contributed by atoms with Gasteiger partial charge in [0.2, 0.25) is 5.91 Å². The maximum atomic E-state index is 13.0. The summed E-state index contributed by atoms with van der Waals surface area (Å²) in [7, 11) is -3.53. The first-order valence-corrected chi connectivity index (χ1v) is 12.7. The van der Waals surface area contributed by atoms with E-state index in [0.717, 1.165) is 10.6 Å². The van der Waals surface area contributed by atoms with Gasteiger partial charge in [-0.1, -0.05) is 0 Å².